The zero-order chi connectivity index (χ0) is 12.6. The van der Waals surface area contributed by atoms with Crippen molar-refractivity contribution in [3.05, 3.63) is 42.0 Å². The van der Waals surface area contributed by atoms with Gasteiger partial charge in [-0.3, -0.25) is 9.29 Å². The van der Waals surface area contributed by atoms with E-state index < -0.39 is 10.0 Å². The lowest BCUT2D eigenvalue weighted by Gasteiger charge is -2.21. The second-order valence-corrected chi connectivity index (χ2v) is 6.86. The van der Waals surface area contributed by atoms with Crippen LogP contribution in [0.5, 0.6) is 0 Å². The van der Waals surface area contributed by atoms with Crippen LogP contribution in [0.25, 0.3) is 0 Å². The number of rotatable bonds is 4. The van der Waals surface area contributed by atoms with Gasteiger partial charge in [-0.1, -0.05) is 18.2 Å². The van der Waals surface area contributed by atoms with Crippen molar-refractivity contribution in [1.29, 1.82) is 0 Å². The molecule has 0 N–H and O–H groups in total. The Morgan fingerprint density at radius 3 is 2.50 bits per heavy atom. The molecule has 1 fully saturated rings. The zero-order valence-electron chi connectivity index (χ0n) is 9.56. The number of thiazole rings is 1. The van der Waals surface area contributed by atoms with E-state index in [1.54, 1.807) is 36.0 Å². The molecule has 94 valence electrons. The smallest absolute Gasteiger partial charge is 0.252 e. The Labute approximate surface area is 110 Å². The fourth-order valence-electron chi connectivity index (χ4n) is 1.83. The highest BCUT2D eigenvalue weighted by Crippen LogP contribution is 2.37. The average molecular weight is 280 g/mol. The lowest BCUT2D eigenvalue weighted by molar-refractivity contribution is 0.590. The molecule has 0 aliphatic heterocycles. The van der Waals surface area contributed by atoms with E-state index in [-0.39, 0.29) is 6.04 Å². The van der Waals surface area contributed by atoms with Gasteiger partial charge in [0.15, 0.2) is 0 Å². The van der Waals surface area contributed by atoms with E-state index in [1.807, 2.05) is 6.07 Å². The lowest BCUT2D eigenvalue weighted by Crippen LogP contribution is -2.32. The molecule has 1 heterocycles. The van der Waals surface area contributed by atoms with Gasteiger partial charge in [-0.25, -0.2) is 8.42 Å². The van der Waals surface area contributed by atoms with Gasteiger partial charge < -0.3 is 0 Å². The normalized spacial score (nSPS) is 15.6. The van der Waals surface area contributed by atoms with Gasteiger partial charge in [0, 0.05) is 6.04 Å². The molecule has 0 unspecified atom stereocenters. The summed E-state index contributed by atoms with van der Waals surface area (Å²) in [6.07, 6.45) is 3.46. The summed E-state index contributed by atoms with van der Waals surface area (Å²) in [5, 5.41) is 0.696. The minimum Gasteiger partial charge on any atom is -0.252 e. The van der Waals surface area contributed by atoms with Crippen molar-refractivity contribution in [2.75, 3.05) is 4.31 Å². The summed E-state index contributed by atoms with van der Waals surface area (Å²) in [5.74, 6) is 0. The van der Waals surface area contributed by atoms with E-state index in [4.69, 9.17) is 0 Å². The maximum absolute atomic E-state index is 12.6. The molecule has 0 spiro atoms. The van der Waals surface area contributed by atoms with Crippen molar-refractivity contribution < 1.29 is 8.42 Å². The summed E-state index contributed by atoms with van der Waals surface area (Å²) >= 11 is 1.36. The molecule has 2 aromatic rings. The Kier molecular flexibility index (Phi) is 2.83. The van der Waals surface area contributed by atoms with Crippen molar-refractivity contribution >= 4 is 26.4 Å². The maximum atomic E-state index is 12.6. The fourth-order valence-corrected chi connectivity index (χ4v) is 4.47. The van der Waals surface area contributed by atoms with E-state index in [1.165, 1.54) is 15.6 Å². The molecule has 3 rings (SSSR count). The van der Waals surface area contributed by atoms with Gasteiger partial charge in [-0.2, -0.15) is 0 Å². The van der Waals surface area contributed by atoms with Gasteiger partial charge in [0.25, 0.3) is 10.0 Å². The van der Waals surface area contributed by atoms with Crippen LogP contribution < -0.4 is 4.31 Å². The first-order valence-electron chi connectivity index (χ1n) is 5.67. The Morgan fingerprint density at radius 2 is 1.94 bits per heavy atom. The Balaban J connectivity index is 2.06. The quantitative estimate of drug-likeness (QED) is 0.864. The minimum absolute atomic E-state index is 0.0932. The van der Waals surface area contributed by atoms with Crippen LogP contribution in [0.2, 0.25) is 0 Å². The Hall–Kier alpha value is -1.40. The lowest BCUT2D eigenvalue weighted by atomic mass is 10.4. The topological polar surface area (TPSA) is 50.3 Å². The maximum Gasteiger partial charge on any atom is 0.265 e. The molecule has 0 saturated heterocycles. The molecule has 0 bridgehead atoms. The van der Waals surface area contributed by atoms with Crippen LogP contribution in [0.1, 0.15) is 12.8 Å². The number of hydrogen-bond acceptors (Lipinski definition) is 4. The first kappa shape index (κ1) is 11.7. The van der Waals surface area contributed by atoms with Crippen LogP contribution >= 0.6 is 11.3 Å². The molecule has 1 aromatic heterocycles. The van der Waals surface area contributed by atoms with Gasteiger partial charge in [0.05, 0.1) is 16.6 Å². The van der Waals surface area contributed by atoms with E-state index in [0.717, 1.165) is 12.8 Å². The molecule has 0 radical (unpaired) electrons. The Bertz CT molecular complexity index is 619. The van der Waals surface area contributed by atoms with Gasteiger partial charge in [-0.05, 0) is 25.0 Å². The number of aromatic nitrogens is 1. The van der Waals surface area contributed by atoms with Crippen LogP contribution in [-0.4, -0.2) is 19.4 Å². The Morgan fingerprint density at radius 1 is 1.22 bits per heavy atom. The van der Waals surface area contributed by atoms with Crippen molar-refractivity contribution in [3.63, 3.8) is 0 Å². The third kappa shape index (κ3) is 2.02. The van der Waals surface area contributed by atoms with Crippen LogP contribution in [-0.2, 0) is 10.0 Å². The summed E-state index contributed by atoms with van der Waals surface area (Å²) in [4.78, 5) is 4.31. The van der Waals surface area contributed by atoms with Crippen LogP contribution in [0.3, 0.4) is 0 Å². The molecule has 1 aliphatic carbocycles. The summed E-state index contributed by atoms with van der Waals surface area (Å²) < 4.78 is 26.7. The highest BCUT2D eigenvalue weighted by atomic mass is 32.2. The summed E-state index contributed by atoms with van der Waals surface area (Å²) in [5.41, 5.74) is 1.66. The standard InChI is InChI=1S/C12H12N2O2S2/c15-18(16,11-4-2-1-3-5-11)14(10-6-7-10)12-8-13-9-17-12/h1-5,8-10H,6-7H2. The summed E-state index contributed by atoms with van der Waals surface area (Å²) in [6.45, 7) is 0. The molecule has 1 aliphatic rings. The monoisotopic (exact) mass is 280 g/mol. The van der Waals surface area contributed by atoms with Crippen LogP contribution in [0.15, 0.2) is 46.9 Å². The molecular formula is C12H12N2O2S2. The molecule has 0 amide bonds. The third-order valence-electron chi connectivity index (χ3n) is 2.82. The van der Waals surface area contributed by atoms with Crippen molar-refractivity contribution in [2.45, 2.75) is 23.8 Å². The number of anilines is 1. The van der Waals surface area contributed by atoms with E-state index in [9.17, 15) is 8.42 Å². The first-order valence-corrected chi connectivity index (χ1v) is 7.99. The molecule has 18 heavy (non-hydrogen) atoms. The van der Waals surface area contributed by atoms with Gasteiger partial charge in [0.2, 0.25) is 0 Å². The van der Waals surface area contributed by atoms with E-state index in [0.29, 0.717) is 9.90 Å². The highest BCUT2D eigenvalue weighted by molar-refractivity contribution is 7.93. The summed E-state index contributed by atoms with van der Waals surface area (Å²) in [6, 6.07) is 8.65. The van der Waals surface area contributed by atoms with Gasteiger partial charge >= 0.3 is 0 Å². The molecule has 0 atom stereocenters. The molecule has 4 nitrogen and oxygen atoms in total. The zero-order valence-corrected chi connectivity index (χ0v) is 11.2. The largest absolute Gasteiger partial charge is 0.265 e. The van der Waals surface area contributed by atoms with Gasteiger partial charge in [0.1, 0.15) is 5.00 Å². The predicted octanol–water partition coefficient (Wildman–Crippen LogP) is 2.50. The van der Waals surface area contributed by atoms with Crippen molar-refractivity contribution in [1.82, 2.24) is 4.98 Å². The second-order valence-electron chi connectivity index (χ2n) is 4.18. The van der Waals surface area contributed by atoms with Gasteiger partial charge in [-0.15, -0.1) is 11.3 Å². The highest BCUT2D eigenvalue weighted by Gasteiger charge is 2.38. The van der Waals surface area contributed by atoms with E-state index in [2.05, 4.69) is 4.98 Å². The van der Waals surface area contributed by atoms with E-state index >= 15 is 0 Å². The molecule has 6 heteroatoms. The van der Waals surface area contributed by atoms with Crippen molar-refractivity contribution in [2.24, 2.45) is 0 Å². The number of sulfonamides is 1. The van der Waals surface area contributed by atoms with Crippen LogP contribution in [0, 0.1) is 0 Å². The minimum atomic E-state index is -3.46. The van der Waals surface area contributed by atoms with Crippen LogP contribution in [0.4, 0.5) is 5.00 Å². The third-order valence-corrected chi connectivity index (χ3v) is 5.58. The number of hydrogen-bond donors (Lipinski definition) is 0. The molecule has 1 saturated carbocycles. The van der Waals surface area contributed by atoms with Crippen molar-refractivity contribution in [3.8, 4) is 0 Å². The first-order chi connectivity index (χ1) is 8.69. The molecular weight excluding hydrogens is 268 g/mol. The second kappa shape index (κ2) is 4.37. The number of benzene rings is 1. The average Bonchev–Trinajstić information content (AvgIpc) is 3.05. The SMILES string of the molecule is O=S(=O)(c1ccccc1)N(c1cncs1)C1CC1. The molecule has 1 aromatic carbocycles. The summed E-state index contributed by atoms with van der Waals surface area (Å²) in [7, 11) is -3.46. The number of nitrogens with zero attached hydrogens (tertiary/aromatic N) is 2. The predicted molar refractivity (Wildman–Crippen MR) is 71.2 cm³/mol. The fraction of sp³-hybridized carbons (Fsp3) is 0.250.